The molecule has 0 unspecified atom stereocenters. The number of hydrogen-bond donors (Lipinski definition) is 1. The molecule has 1 aromatic carbocycles. The molecule has 5 heteroatoms. The zero-order chi connectivity index (χ0) is 16.7. The molecule has 0 saturated carbocycles. The van der Waals surface area contributed by atoms with Crippen molar-refractivity contribution in [1.29, 1.82) is 0 Å². The Balaban J connectivity index is 1.71. The highest BCUT2D eigenvalue weighted by Gasteiger charge is 2.29. The number of fused-ring (bicyclic) bond motifs is 2. The van der Waals surface area contributed by atoms with Gasteiger partial charge in [-0.1, -0.05) is 38.1 Å². The van der Waals surface area contributed by atoms with E-state index in [9.17, 15) is 0 Å². The van der Waals surface area contributed by atoms with E-state index in [0.29, 0.717) is 5.41 Å². The Bertz CT molecular complexity index is 880. The standard InChI is InChI=1S/C19H23N5/c1-13-21-22-18-9-8-17(23-24(13)18)20-16-12-19(2,3)11-10-14-6-4-5-7-15(14)16/h4-9,16H,10-12H2,1-3H3,(H,20,23)/t16-/m1/s1. The van der Waals surface area contributed by atoms with Crippen LogP contribution >= 0.6 is 0 Å². The molecular weight excluding hydrogens is 298 g/mol. The topological polar surface area (TPSA) is 55.1 Å². The normalized spacial score (nSPS) is 19.7. The van der Waals surface area contributed by atoms with Crippen molar-refractivity contribution in [3.8, 4) is 0 Å². The number of aromatic nitrogens is 4. The molecule has 24 heavy (non-hydrogen) atoms. The van der Waals surface area contributed by atoms with E-state index in [-0.39, 0.29) is 6.04 Å². The van der Waals surface area contributed by atoms with Crippen molar-refractivity contribution < 1.29 is 0 Å². The fourth-order valence-corrected chi connectivity index (χ4v) is 3.62. The van der Waals surface area contributed by atoms with Gasteiger partial charge >= 0.3 is 0 Å². The molecule has 3 aromatic rings. The van der Waals surface area contributed by atoms with Crippen LogP contribution in [0.5, 0.6) is 0 Å². The molecule has 5 nitrogen and oxygen atoms in total. The average Bonchev–Trinajstić information content (AvgIpc) is 2.87. The largest absolute Gasteiger partial charge is 0.362 e. The first-order valence-electron chi connectivity index (χ1n) is 8.55. The van der Waals surface area contributed by atoms with Crippen molar-refractivity contribution in [1.82, 2.24) is 19.8 Å². The smallest absolute Gasteiger partial charge is 0.178 e. The Morgan fingerprint density at radius 3 is 2.83 bits per heavy atom. The number of aryl methyl sites for hydroxylation is 2. The summed E-state index contributed by atoms with van der Waals surface area (Å²) in [5.41, 5.74) is 3.92. The third-order valence-corrected chi connectivity index (χ3v) is 5.00. The lowest BCUT2D eigenvalue weighted by atomic mass is 9.83. The lowest BCUT2D eigenvalue weighted by molar-refractivity contribution is 0.300. The minimum absolute atomic E-state index is 0.264. The summed E-state index contributed by atoms with van der Waals surface area (Å²) >= 11 is 0. The van der Waals surface area contributed by atoms with Gasteiger partial charge in [0, 0.05) is 0 Å². The molecule has 0 radical (unpaired) electrons. The molecule has 1 atom stereocenters. The maximum atomic E-state index is 4.66. The molecule has 0 spiro atoms. The van der Waals surface area contributed by atoms with Gasteiger partial charge in [-0.25, -0.2) is 0 Å². The Labute approximate surface area is 142 Å². The van der Waals surface area contributed by atoms with Gasteiger partial charge in [-0.3, -0.25) is 0 Å². The molecule has 2 heterocycles. The van der Waals surface area contributed by atoms with Crippen LogP contribution in [0.2, 0.25) is 0 Å². The van der Waals surface area contributed by atoms with Gasteiger partial charge in [0.15, 0.2) is 11.5 Å². The Hall–Kier alpha value is -2.43. The summed E-state index contributed by atoms with van der Waals surface area (Å²) in [6.07, 6.45) is 3.43. The molecular formula is C19H23N5. The molecule has 1 N–H and O–H groups in total. The fraction of sp³-hybridized carbons (Fsp3) is 0.421. The molecule has 4 rings (SSSR count). The quantitative estimate of drug-likeness (QED) is 0.726. The highest BCUT2D eigenvalue weighted by atomic mass is 15.4. The van der Waals surface area contributed by atoms with Crippen LogP contribution in [0.3, 0.4) is 0 Å². The number of rotatable bonds is 2. The lowest BCUT2D eigenvalue weighted by Crippen LogP contribution is -2.20. The first kappa shape index (κ1) is 15.1. The van der Waals surface area contributed by atoms with Gasteiger partial charge in [-0.2, -0.15) is 4.52 Å². The number of nitrogens with one attached hydrogen (secondary N) is 1. The maximum absolute atomic E-state index is 4.66. The molecule has 1 aliphatic carbocycles. The van der Waals surface area contributed by atoms with Crippen LogP contribution in [-0.4, -0.2) is 19.8 Å². The second kappa shape index (κ2) is 5.58. The predicted octanol–water partition coefficient (Wildman–Crippen LogP) is 3.95. The first-order valence-corrected chi connectivity index (χ1v) is 8.55. The van der Waals surface area contributed by atoms with Gasteiger partial charge in [-0.05, 0) is 54.9 Å². The second-order valence-corrected chi connectivity index (χ2v) is 7.50. The highest BCUT2D eigenvalue weighted by Crippen LogP contribution is 2.40. The molecule has 2 aromatic heterocycles. The zero-order valence-corrected chi connectivity index (χ0v) is 14.5. The summed E-state index contributed by atoms with van der Waals surface area (Å²) < 4.78 is 1.79. The van der Waals surface area contributed by atoms with E-state index in [1.54, 1.807) is 4.52 Å². The zero-order valence-electron chi connectivity index (χ0n) is 14.5. The van der Waals surface area contributed by atoms with E-state index in [2.05, 4.69) is 58.7 Å². The molecule has 0 fully saturated rings. The molecule has 0 amide bonds. The van der Waals surface area contributed by atoms with Crippen molar-refractivity contribution in [3.05, 3.63) is 53.3 Å². The van der Waals surface area contributed by atoms with E-state index in [4.69, 9.17) is 0 Å². The summed E-state index contributed by atoms with van der Waals surface area (Å²) in [4.78, 5) is 0. The van der Waals surface area contributed by atoms with Crippen LogP contribution in [0.1, 0.15) is 49.7 Å². The summed E-state index contributed by atoms with van der Waals surface area (Å²) in [6.45, 7) is 6.63. The monoisotopic (exact) mass is 321 g/mol. The van der Waals surface area contributed by atoms with E-state index in [1.807, 2.05) is 19.1 Å². The Kier molecular flexibility index (Phi) is 3.52. The minimum atomic E-state index is 0.264. The third kappa shape index (κ3) is 2.75. The number of hydrogen-bond acceptors (Lipinski definition) is 4. The van der Waals surface area contributed by atoms with Crippen molar-refractivity contribution >= 4 is 11.5 Å². The Morgan fingerprint density at radius 2 is 1.96 bits per heavy atom. The number of nitrogens with zero attached hydrogens (tertiary/aromatic N) is 4. The van der Waals surface area contributed by atoms with Crippen LogP contribution in [-0.2, 0) is 6.42 Å². The molecule has 1 aliphatic rings. The van der Waals surface area contributed by atoms with Gasteiger partial charge in [0.05, 0.1) is 6.04 Å². The summed E-state index contributed by atoms with van der Waals surface area (Å²) in [7, 11) is 0. The van der Waals surface area contributed by atoms with E-state index < -0.39 is 0 Å². The molecule has 0 saturated heterocycles. The van der Waals surface area contributed by atoms with E-state index >= 15 is 0 Å². The van der Waals surface area contributed by atoms with Crippen LogP contribution in [0.15, 0.2) is 36.4 Å². The summed E-state index contributed by atoms with van der Waals surface area (Å²) in [6, 6.07) is 13.0. The van der Waals surface area contributed by atoms with Gasteiger partial charge in [0.25, 0.3) is 0 Å². The predicted molar refractivity (Wildman–Crippen MR) is 95.0 cm³/mol. The second-order valence-electron chi connectivity index (χ2n) is 7.50. The average molecular weight is 321 g/mol. The SMILES string of the molecule is Cc1nnc2ccc(N[C@@H]3CC(C)(C)CCc4ccccc43)nn12. The maximum Gasteiger partial charge on any atom is 0.178 e. The van der Waals surface area contributed by atoms with Gasteiger partial charge in [-0.15, -0.1) is 15.3 Å². The van der Waals surface area contributed by atoms with Crippen molar-refractivity contribution in [2.75, 3.05) is 5.32 Å². The van der Waals surface area contributed by atoms with E-state index in [0.717, 1.165) is 30.1 Å². The van der Waals surface area contributed by atoms with Crippen molar-refractivity contribution in [2.24, 2.45) is 5.41 Å². The molecule has 0 bridgehead atoms. The van der Waals surface area contributed by atoms with Gasteiger partial charge < -0.3 is 5.32 Å². The van der Waals surface area contributed by atoms with Crippen LogP contribution in [0.4, 0.5) is 5.82 Å². The summed E-state index contributed by atoms with van der Waals surface area (Å²) in [5.74, 6) is 1.66. The van der Waals surface area contributed by atoms with Crippen LogP contribution < -0.4 is 5.32 Å². The third-order valence-electron chi connectivity index (χ3n) is 5.00. The fourth-order valence-electron chi connectivity index (χ4n) is 3.62. The van der Waals surface area contributed by atoms with Crippen LogP contribution in [0.25, 0.3) is 5.65 Å². The summed E-state index contributed by atoms with van der Waals surface area (Å²) in [5, 5.41) is 16.5. The van der Waals surface area contributed by atoms with E-state index in [1.165, 1.54) is 17.5 Å². The number of benzene rings is 1. The minimum Gasteiger partial charge on any atom is -0.362 e. The highest BCUT2D eigenvalue weighted by molar-refractivity contribution is 5.46. The van der Waals surface area contributed by atoms with Crippen molar-refractivity contribution in [3.63, 3.8) is 0 Å². The number of anilines is 1. The van der Waals surface area contributed by atoms with Crippen molar-refractivity contribution in [2.45, 2.75) is 46.1 Å². The van der Waals surface area contributed by atoms with Gasteiger partial charge in [0.2, 0.25) is 0 Å². The Morgan fingerprint density at radius 1 is 1.12 bits per heavy atom. The van der Waals surface area contributed by atoms with Gasteiger partial charge in [0.1, 0.15) is 5.82 Å². The molecule has 124 valence electrons. The first-order chi connectivity index (χ1) is 11.5. The van der Waals surface area contributed by atoms with Crippen LogP contribution in [0, 0.1) is 12.3 Å². The lowest BCUT2D eigenvalue weighted by Gasteiger charge is -2.28. The molecule has 0 aliphatic heterocycles.